The fraction of sp³-hybridized carbons (Fsp3) is 0.438. The zero-order valence-electron chi connectivity index (χ0n) is 34.1. The van der Waals surface area contributed by atoms with Crippen molar-refractivity contribution >= 4 is 18.3 Å². The third kappa shape index (κ3) is 45.3. The van der Waals surface area contributed by atoms with Crippen molar-refractivity contribution in [1.82, 2.24) is 16.0 Å². The minimum absolute atomic E-state index is 0. The van der Waals surface area contributed by atoms with Crippen LogP contribution in [0.3, 0.4) is 0 Å². The van der Waals surface area contributed by atoms with Gasteiger partial charge in [-0.25, -0.2) is 14.4 Å². The van der Waals surface area contributed by atoms with Gasteiger partial charge in [-0.2, -0.15) is 0 Å². The maximum Gasteiger partial charge on any atom is 0.407 e. The zero-order chi connectivity index (χ0) is 43.7. The number of carbonyl (C=O) groups excluding carboxylic acids is 3. The highest BCUT2D eigenvalue weighted by Crippen LogP contribution is 2.14. The Morgan fingerprint density at radius 3 is 1.33 bits per heavy atom. The molecular formula is C48H85FN4O10. The van der Waals surface area contributed by atoms with Crippen molar-refractivity contribution in [3.63, 3.8) is 0 Å². The number of alkyl halides is 1. The predicted molar refractivity (Wildman–Crippen MR) is 262 cm³/mol. The summed E-state index contributed by atoms with van der Waals surface area (Å²) in [6.45, 7) is 17.2. The second kappa shape index (κ2) is 54.0. The van der Waals surface area contributed by atoms with Crippen LogP contribution in [0.2, 0.25) is 0 Å². The summed E-state index contributed by atoms with van der Waals surface area (Å²) in [6.07, 6.45) is 4.99. The summed E-state index contributed by atoms with van der Waals surface area (Å²) in [7, 11) is -1.00. The highest BCUT2D eigenvalue weighted by molar-refractivity contribution is 5.67. The molecule has 0 bridgehead atoms. The van der Waals surface area contributed by atoms with E-state index < -0.39 is 25.4 Å². The highest BCUT2D eigenvalue weighted by atomic mass is 19.1. The maximum absolute atomic E-state index is 11.1. The van der Waals surface area contributed by atoms with Gasteiger partial charge in [0.15, 0.2) is 0 Å². The molecule has 0 aromatic heterocycles. The summed E-state index contributed by atoms with van der Waals surface area (Å²) < 4.78 is 40.5. The van der Waals surface area contributed by atoms with Crippen LogP contribution in [0.25, 0.3) is 0 Å². The average molecular weight is 898 g/mol. The van der Waals surface area contributed by atoms with Crippen molar-refractivity contribution in [3.05, 3.63) is 127 Å². The van der Waals surface area contributed by atoms with E-state index in [1.54, 1.807) is 12.1 Å². The van der Waals surface area contributed by atoms with Crippen LogP contribution in [0.15, 0.2) is 111 Å². The fourth-order valence-corrected chi connectivity index (χ4v) is 3.75. The summed E-state index contributed by atoms with van der Waals surface area (Å²) >= 11 is 0. The number of rotatable bonds is 19. The summed E-state index contributed by atoms with van der Waals surface area (Å²) in [5.74, 6) is 1.91. The summed E-state index contributed by atoms with van der Waals surface area (Å²) in [5.41, 5.74) is 8.93. The van der Waals surface area contributed by atoms with Crippen LogP contribution in [0.1, 0.15) is 76.5 Å². The van der Waals surface area contributed by atoms with Crippen LogP contribution in [0.5, 0.6) is 17.2 Å². The Labute approximate surface area is 382 Å². The van der Waals surface area contributed by atoms with Crippen LogP contribution in [0.4, 0.5) is 18.8 Å². The number of nitrogens with one attached hydrogen (secondary N) is 3. The molecular weight excluding hydrogens is 812 g/mol. The van der Waals surface area contributed by atoms with E-state index in [1.165, 1.54) is 29.4 Å². The molecule has 0 aliphatic heterocycles. The topological polar surface area (TPSA) is 200 Å². The molecule has 0 radical (unpaired) electrons. The van der Waals surface area contributed by atoms with E-state index in [2.05, 4.69) is 60.3 Å². The van der Waals surface area contributed by atoms with Crippen LogP contribution < -0.4 is 31.2 Å². The summed E-state index contributed by atoms with van der Waals surface area (Å²) in [4.78, 5) is 32.6. The number of aliphatic hydroxyl groups excluding tert-OH is 1. The molecule has 0 spiro atoms. The second-order valence-corrected chi connectivity index (χ2v) is 10.7. The zero-order valence-corrected chi connectivity index (χ0v) is 33.1. The number of halogens is 1. The van der Waals surface area contributed by atoms with Crippen molar-refractivity contribution in [2.24, 2.45) is 5.73 Å². The first kappa shape index (κ1) is 71.4. The molecule has 3 aromatic rings. The number of phenols is 1. The molecule has 0 aliphatic rings. The molecule has 0 atom stereocenters. The van der Waals surface area contributed by atoms with Gasteiger partial charge < -0.3 is 55.6 Å². The lowest BCUT2D eigenvalue weighted by molar-refractivity contribution is 0.154. The number of hydrogen-bond acceptors (Lipinski definition) is 11. The average Bonchev–Trinajstić information content (AvgIpc) is 3.24. The molecule has 0 unspecified atom stereocenters. The third-order valence-corrected chi connectivity index (χ3v) is 6.42. The Kier molecular flexibility index (Phi) is 61.2. The van der Waals surface area contributed by atoms with Crippen molar-refractivity contribution in [1.29, 1.82) is 0 Å². The quantitative estimate of drug-likeness (QED) is 0.0380. The van der Waals surface area contributed by atoms with Gasteiger partial charge in [-0.05, 0) is 65.9 Å². The molecule has 15 heteroatoms. The van der Waals surface area contributed by atoms with E-state index >= 15 is 0 Å². The molecule has 3 aromatic carbocycles. The lowest BCUT2D eigenvalue weighted by Crippen LogP contribution is -2.28. The van der Waals surface area contributed by atoms with Gasteiger partial charge in [0.25, 0.3) is 0 Å². The fourth-order valence-electron chi connectivity index (χ4n) is 3.75. The largest absolute Gasteiger partial charge is 0.508 e. The third-order valence-electron chi connectivity index (χ3n) is 6.42. The number of aromatic hydroxyl groups is 1. The number of phenolic OH excluding ortho intramolecular Hbond substituents is 1. The van der Waals surface area contributed by atoms with Crippen molar-refractivity contribution < 1.29 is 54.0 Å². The van der Waals surface area contributed by atoms with E-state index in [1.807, 2.05) is 54.6 Å². The van der Waals surface area contributed by atoms with Gasteiger partial charge in [-0.3, -0.25) is 4.39 Å². The molecule has 0 saturated carbocycles. The standard InChI is InChI=1S/C14H19NO3.C13H18N2O3.C8H10O.C6H11NO3.CH3F.6CH4/c1-3-9-18-14(16)15-8-10-17-13-7-5-6-12(4-2)11-13;1-2-7-18-13(16)15-6-8-17-12-5-3-4-11(9-12)10-14;1-2-7-4-3-5-8(9)6-7;1-2-5-10-6(9)7-3-4-8;1-2;;;;;;/h3,5-7,11H,1,4,8-10H2,2H3,(H,15,16);2-5,9H,1,6-8,10,14H2,(H,15,16);3-6,9H,2H2,1H3;2,8H,1,3-5H2,(H,7,9);1H3;6*1H4/i;;;;1D;;;;;;. The minimum atomic E-state index is -1.00. The Hall–Kier alpha value is -6.06. The molecule has 63 heavy (non-hydrogen) atoms. The first-order chi connectivity index (χ1) is 28.1. The molecule has 0 heterocycles. The van der Waals surface area contributed by atoms with Crippen molar-refractivity contribution in [3.8, 4) is 17.2 Å². The lowest BCUT2D eigenvalue weighted by atomic mass is 10.2. The molecule has 364 valence electrons. The minimum Gasteiger partial charge on any atom is -0.508 e. The van der Waals surface area contributed by atoms with Crippen molar-refractivity contribution in [2.75, 3.05) is 66.4 Å². The van der Waals surface area contributed by atoms with E-state index in [9.17, 15) is 18.8 Å². The second-order valence-electron chi connectivity index (χ2n) is 10.7. The number of amides is 3. The number of nitrogens with two attached hydrogens (primary N) is 1. The Balaban J connectivity index is -0.000000107. The van der Waals surface area contributed by atoms with Gasteiger partial charge >= 0.3 is 18.3 Å². The Bertz CT molecular complexity index is 1480. The molecule has 3 rings (SSSR count). The number of aliphatic hydroxyl groups is 1. The number of benzene rings is 3. The summed E-state index contributed by atoms with van der Waals surface area (Å²) in [5, 5.41) is 24.6. The van der Waals surface area contributed by atoms with Gasteiger partial charge in [0.05, 0.1) is 28.2 Å². The molecule has 0 saturated heterocycles. The molecule has 14 nitrogen and oxygen atoms in total. The van der Waals surface area contributed by atoms with E-state index in [-0.39, 0.29) is 77.5 Å². The first-order valence-corrected chi connectivity index (χ1v) is 18.0. The number of alkyl carbamates (subject to hydrolysis) is 3. The van der Waals surface area contributed by atoms with Gasteiger partial charge in [0.1, 0.15) is 50.3 Å². The predicted octanol–water partition coefficient (Wildman–Crippen LogP) is 10.2. The lowest BCUT2D eigenvalue weighted by Gasteiger charge is -2.08. The van der Waals surface area contributed by atoms with Crippen LogP contribution in [-0.2, 0) is 33.6 Å². The van der Waals surface area contributed by atoms with Gasteiger partial charge in [-0.1, -0.05) is 133 Å². The Morgan fingerprint density at radius 1 is 0.651 bits per heavy atom. The van der Waals surface area contributed by atoms with Gasteiger partial charge in [0.2, 0.25) is 0 Å². The van der Waals surface area contributed by atoms with Crippen LogP contribution >= 0.6 is 0 Å². The first-order valence-electron chi connectivity index (χ1n) is 18.7. The molecule has 7 N–H and O–H groups in total. The van der Waals surface area contributed by atoms with Crippen molar-refractivity contribution in [2.45, 2.75) is 77.8 Å². The monoisotopic (exact) mass is 898 g/mol. The van der Waals surface area contributed by atoms with Gasteiger partial charge in [-0.15, -0.1) is 0 Å². The van der Waals surface area contributed by atoms with Gasteiger partial charge in [0, 0.05) is 13.1 Å². The molecule has 3 amide bonds. The van der Waals surface area contributed by atoms with E-state index in [4.69, 9.17) is 36.3 Å². The number of aryl methyl sites for hydroxylation is 2. The SMILES string of the molecule is C.C.C.C.C.C.C=CCOC(=O)NCCO.C=CCOC(=O)NCCOc1cccc(CC)c1.C=CCOC(=O)NCCOc1cccc(CN)c1.CCc1cccc(O)c1.[2H]CF. The molecule has 0 fully saturated rings. The van der Waals surface area contributed by atoms with E-state index in [0.29, 0.717) is 38.6 Å². The van der Waals surface area contributed by atoms with Crippen LogP contribution in [-0.4, -0.2) is 94.9 Å². The number of carbonyl (C=O) groups is 3. The summed E-state index contributed by atoms with van der Waals surface area (Å²) in [6, 6.07) is 22.7. The number of hydrogen-bond donors (Lipinski definition) is 6. The number of ether oxygens (including phenoxy) is 5. The highest BCUT2D eigenvalue weighted by Gasteiger charge is 2.02. The van der Waals surface area contributed by atoms with Crippen LogP contribution in [0, 0.1) is 0 Å². The maximum atomic E-state index is 11.1. The smallest absolute Gasteiger partial charge is 0.407 e. The Morgan fingerprint density at radius 2 is 1.00 bits per heavy atom. The molecule has 0 aliphatic carbocycles. The normalized spacial score (nSPS) is 8.49. The van der Waals surface area contributed by atoms with E-state index in [0.717, 1.165) is 29.9 Å².